The predicted molar refractivity (Wildman–Crippen MR) is 104 cm³/mol. The first-order valence-electron chi connectivity index (χ1n) is 8.91. The molecule has 1 atom stereocenters. The van der Waals surface area contributed by atoms with Gasteiger partial charge in [0.25, 0.3) is 0 Å². The number of phenolic OH excluding ortho intramolecular Hbond substituents is 1. The SMILES string of the molecule is O=C1CC(Cc2cc(-c3ccccc3)ccc2-c2cccc(O)c2)C(=O)N1. The molecule has 27 heavy (non-hydrogen) atoms. The quantitative estimate of drug-likeness (QED) is 0.695. The van der Waals surface area contributed by atoms with Crippen LogP contribution in [0, 0.1) is 5.92 Å². The van der Waals surface area contributed by atoms with E-state index in [9.17, 15) is 14.7 Å². The van der Waals surface area contributed by atoms with Crippen LogP contribution >= 0.6 is 0 Å². The lowest BCUT2D eigenvalue weighted by atomic mass is 9.89. The van der Waals surface area contributed by atoms with Gasteiger partial charge in [-0.2, -0.15) is 0 Å². The Morgan fingerprint density at radius 1 is 0.852 bits per heavy atom. The van der Waals surface area contributed by atoms with Crippen molar-refractivity contribution in [2.45, 2.75) is 12.8 Å². The first-order valence-corrected chi connectivity index (χ1v) is 8.91. The van der Waals surface area contributed by atoms with E-state index in [4.69, 9.17) is 0 Å². The maximum atomic E-state index is 12.1. The smallest absolute Gasteiger partial charge is 0.230 e. The molecule has 0 spiro atoms. The largest absolute Gasteiger partial charge is 0.508 e. The fourth-order valence-corrected chi connectivity index (χ4v) is 3.57. The minimum Gasteiger partial charge on any atom is -0.508 e. The zero-order chi connectivity index (χ0) is 18.8. The summed E-state index contributed by atoms with van der Waals surface area (Å²) in [6.45, 7) is 0. The predicted octanol–water partition coefficient (Wildman–Crippen LogP) is 3.93. The van der Waals surface area contributed by atoms with Gasteiger partial charge in [-0.15, -0.1) is 0 Å². The number of nitrogens with one attached hydrogen (secondary N) is 1. The summed E-state index contributed by atoms with van der Waals surface area (Å²) < 4.78 is 0. The second-order valence-corrected chi connectivity index (χ2v) is 6.81. The fraction of sp³-hybridized carbons (Fsp3) is 0.130. The molecular formula is C23H19NO3. The molecule has 4 nitrogen and oxygen atoms in total. The van der Waals surface area contributed by atoms with E-state index < -0.39 is 0 Å². The number of aromatic hydroxyl groups is 1. The minimum absolute atomic E-state index is 0.194. The van der Waals surface area contributed by atoms with Gasteiger partial charge in [-0.1, -0.05) is 60.7 Å². The second kappa shape index (κ2) is 7.08. The van der Waals surface area contributed by atoms with Crippen LogP contribution in [-0.4, -0.2) is 16.9 Å². The average Bonchev–Trinajstić information content (AvgIpc) is 2.99. The Kier molecular flexibility index (Phi) is 4.47. The highest BCUT2D eigenvalue weighted by molar-refractivity contribution is 6.03. The summed E-state index contributed by atoms with van der Waals surface area (Å²) in [6.07, 6.45) is 0.692. The zero-order valence-electron chi connectivity index (χ0n) is 14.7. The van der Waals surface area contributed by atoms with Gasteiger partial charge in [-0.05, 0) is 46.4 Å². The second-order valence-electron chi connectivity index (χ2n) is 6.81. The van der Waals surface area contributed by atoms with Crippen LogP contribution in [0.3, 0.4) is 0 Å². The topological polar surface area (TPSA) is 66.4 Å². The number of amides is 2. The fourth-order valence-electron chi connectivity index (χ4n) is 3.57. The molecule has 1 aliphatic heterocycles. The van der Waals surface area contributed by atoms with E-state index in [2.05, 4.69) is 11.4 Å². The molecule has 2 amide bonds. The summed E-state index contributed by atoms with van der Waals surface area (Å²) in [4.78, 5) is 23.7. The first-order chi connectivity index (χ1) is 13.1. The molecule has 1 heterocycles. The molecule has 0 aromatic heterocycles. The van der Waals surface area contributed by atoms with Gasteiger partial charge >= 0.3 is 0 Å². The summed E-state index contributed by atoms with van der Waals surface area (Å²) in [5.41, 5.74) is 4.97. The molecule has 0 saturated carbocycles. The normalized spacial score (nSPS) is 16.4. The molecule has 3 aromatic carbocycles. The number of carbonyl (C=O) groups is 2. The molecule has 0 bridgehead atoms. The number of hydrogen-bond acceptors (Lipinski definition) is 3. The minimum atomic E-state index is -0.361. The molecule has 3 aromatic rings. The van der Waals surface area contributed by atoms with E-state index in [-0.39, 0.29) is 29.9 Å². The highest BCUT2D eigenvalue weighted by Gasteiger charge is 2.31. The number of carbonyl (C=O) groups excluding carboxylic acids is 2. The zero-order valence-corrected chi connectivity index (χ0v) is 14.7. The standard InChI is InChI=1S/C23H19NO3/c25-20-8-4-7-17(13-20)21-10-9-16(15-5-2-1-3-6-15)11-18(21)12-19-14-22(26)24-23(19)27/h1-11,13,19,25H,12,14H2,(H,24,26,27). The van der Waals surface area contributed by atoms with Gasteiger partial charge in [0.05, 0.1) is 5.92 Å². The maximum absolute atomic E-state index is 12.1. The van der Waals surface area contributed by atoms with Crippen molar-refractivity contribution < 1.29 is 14.7 Å². The molecule has 4 rings (SSSR count). The van der Waals surface area contributed by atoms with Crippen LogP contribution < -0.4 is 5.32 Å². The molecule has 0 aliphatic carbocycles. The van der Waals surface area contributed by atoms with Crippen molar-refractivity contribution in [1.82, 2.24) is 5.32 Å². The maximum Gasteiger partial charge on any atom is 0.230 e. The number of imide groups is 1. The van der Waals surface area contributed by atoms with E-state index in [1.54, 1.807) is 18.2 Å². The van der Waals surface area contributed by atoms with E-state index >= 15 is 0 Å². The highest BCUT2D eigenvalue weighted by atomic mass is 16.3. The van der Waals surface area contributed by atoms with Crippen LogP contribution in [-0.2, 0) is 16.0 Å². The third-order valence-electron chi connectivity index (χ3n) is 4.90. The summed E-state index contributed by atoms with van der Waals surface area (Å²) in [5, 5.41) is 12.2. The summed E-state index contributed by atoms with van der Waals surface area (Å²) >= 11 is 0. The Balaban J connectivity index is 1.78. The molecule has 1 unspecified atom stereocenters. The van der Waals surface area contributed by atoms with E-state index in [0.717, 1.165) is 27.8 Å². The number of rotatable bonds is 4. The lowest BCUT2D eigenvalue weighted by Crippen LogP contribution is -2.23. The Bertz CT molecular complexity index is 1010. The number of phenols is 1. The molecule has 1 fully saturated rings. The van der Waals surface area contributed by atoms with Gasteiger partial charge in [0.2, 0.25) is 11.8 Å². The summed E-state index contributed by atoms with van der Waals surface area (Å²) in [5.74, 6) is -0.603. The molecule has 1 saturated heterocycles. The first kappa shape index (κ1) is 17.0. The summed E-state index contributed by atoms with van der Waals surface area (Å²) in [7, 11) is 0. The van der Waals surface area contributed by atoms with Crippen molar-refractivity contribution in [1.29, 1.82) is 0 Å². The van der Waals surface area contributed by atoms with E-state index in [1.165, 1.54) is 0 Å². The monoisotopic (exact) mass is 357 g/mol. The lowest BCUT2D eigenvalue weighted by Gasteiger charge is -2.15. The molecular weight excluding hydrogens is 338 g/mol. The van der Waals surface area contributed by atoms with Gasteiger partial charge in [0.1, 0.15) is 5.75 Å². The van der Waals surface area contributed by atoms with Gasteiger partial charge in [-0.25, -0.2) is 0 Å². The van der Waals surface area contributed by atoms with Crippen LogP contribution in [0.2, 0.25) is 0 Å². The van der Waals surface area contributed by atoms with Crippen molar-refractivity contribution >= 4 is 11.8 Å². The Labute approximate surface area is 157 Å². The van der Waals surface area contributed by atoms with Crippen LogP contribution in [0.25, 0.3) is 22.3 Å². The van der Waals surface area contributed by atoms with Crippen molar-refractivity contribution in [3.8, 4) is 28.0 Å². The van der Waals surface area contributed by atoms with Crippen molar-refractivity contribution in [3.63, 3.8) is 0 Å². The van der Waals surface area contributed by atoms with E-state index in [0.29, 0.717) is 6.42 Å². The lowest BCUT2D eigenvalue weighted by molar-refractivity contribution is -0.125. The average molecular weight is 357 g/mol. The van der Waals surface area contributed by atoms with Gasteiger partial charge in [0.15, 0.2) is 0 Å². The van der Waals surface area contributed by atoms with E-state index in [1.807, 2.05) is 48.5 Å². The van der Waals surface area contributed by atoms with Gasteiger partial charge in [-0.3, -0.25) is 14.9 Å². The van der Waals surface area contributed by atoms with Crippen molar-refractivity contribution in [2.75, 3.05) is 0 Å². The van der Waals surface area contributed by atoms with Crippen molar-refractivity contribution in [2.24, 2.45) is 5.92 Å². The van der Waals surface area contributed by atoms with Crippen LogP contribution in [0.5, 0.6) is 5.75 Å². The van der Waals surface area contributed by atoms with Gasteiger partial charge in [0, 0.05) is 6.42 Å². The third kappa shape index (κ3) is 3.60. The Hall–Kier alpha value is -3.40. The van der Waals surface area contributed by atoms with Gasteiger partial charge < -0.3 is 5.11 Å². The molecule has 2 N–H and O–H groups in total. The Morgan fingerprint density at radius 3 is 2.33 bits per heavy atom. The van der Waals surface area contributed by atoms with Crippen LogP contribution in [0.1, 0.15) is 12.0 Å². The molecule has 0 radical (unpaired) electrons. The molecule has 4 heteroatoms. The highest BCUT2D eigenvalue weighted by Crippen LogP contribution is 2.33. The van der Waals surface area contributed by atoms with Crippen LogP contribution in [0.15, 0.2) is 72.8 Å². The van der Waals surface area contributed by atoms with Crippen LogP contribution in [0.4, 0.5) is 0 Å². The third-order valence-corrected chi connectivity index (χ3v) is 4.90. The number of hydrogen-bond donors (Lipinski definition) is 2. The molecule has 134 valence electrons. The van der Waals surface area contributed by atoms with Crippen molar-refractivity contribution in [3.05, 3.63) is 78.4 Å². The molecule has 1 aliphatic rings. The number of benzene rings is 3. The summed E-state index contributed by atoms with van der Waals surface area (Å²) in [6, 6.07) is 23.2. The Morgan fingerprint density at radius 2 is 1.63 bits per heavy atom.